The SMILES string of the molecule is CCCCCC(CO)CCC(C)CCC. The Morgan fingerprint density at radius 1 is 0.867 bits per heavy atom. The fourth-order valence-corrected chi connectivity index (χ4v) is 2.17. The monoisotopic (exact) mass is 214 g/mol. The van der Waals surface area contributed by atoms with Crippen molar-refractivity contribution in [2.24, 2.45) is 11.8 Å². The summed E-state index contributed by atoms with van der Waals surface area (Å²) < 4.78 is 0. The van der Waals surface area contributed by atoms with E-state index in [1.165, 1.54) is 51.4 Å². The molecule has 0 radical (unpaired) electrons. The van der Waals surface area contributed by atoms with E-state index in [1.54, 1.807) is 0 Å². The average molecular weight is 214 g/mol. The first-order chi connectivity index (χ1) is 7.24. The molecule has 0 aliphatic heterocycles. The molecular weight excluding hydrogens is 184 g/mol. The number of hydrogen-bond acceptors (Lipinski definition) is 1. The van der Waals surface area contributed by atoms with Crippen LogP contribution in [0.4, 0.5) is 0 Å². The smallest absolute Gasteiger partial charge is 0.0459 e. The second-order valence-corrected chi connectivity index (χ2v) is 5.02. The maximum Gasteiger partial charge on any atom is 0.0459 e. The summed E-state index contributed by atoms with van der Waals surface area (Å²) in [4.78, 5) is 0. The Morgan fingerprint density at radius 2 is 1.60 bits per heavy atom. The third-order valence-corrected chi connectivity index (χ3v) is 3.32. The van der Waals surface area contributed by atoms with E-state index >= 15 is 0 Å². The molecule has 0 aromatic heterocycles. The zero-order valence-electron chi connectivity index (χ0n) is 11.0. The van der Waals surface area contributed by atoms with Gasteiger partial charge in [0.1, 0.15) is 0 Å². The van der Waals surface area contributed by atoms with Crippen molar-refractivity contribution in [3.8, 4) is 0 Å². The van der Waals surface area contributed by atoms with E-state index in [2.05, 4.69) is 20.8 Å². The number of unbranched alkanes of at least 4 members (excludes halogenated alkanes) is 2. The van der Waals surface area contributed by atoms with Gasteiger partial charge in [0, 0.05) is 6.61 Å². The lowest BCUT2D eigenvalue weighted by Gasteiger charge is -2.16. The lowest BCUT2D eigenvalue weighted by Crippen LogP contribution is -2.08. The highest BCUT2D eigenvalue weighted by Gasteiger charge is 2.09. The zero-order chi connectivity index (χ0) is 11.5. The third kappa shape index (κ3) is 8.92. The molecule has 1 N–H and O–H groups in total. The first-order valence-corrected chi connectivity index (χ1v) is 6.85. The topological polar surface area (TPSA) is 20.2 Å². The van der Waals surface area contributed by atoms with Crippen molar-refractivity contribution in [1.29, 1.82) is 0 Å². The van der Waals surface area contributed by atoms with Crippen LogP contribution in [0.25, 0.3) is 0 Å². The summed E-state index contributed by atoms with van der Waals surface area (Å²) in [6, 6.07) is 0. The Morgan fingerprint density at radius 3 is 2.13 bits per heavy atom. The Bertz CT molecular complexity index is 123. The van der Waals surface area contributed by atoms with E-state index in [0.29, 0.717) is 12.5 Å². The lowest BCUT2D eigenvalue weighted by molar-refractivity contribution is 0.199. The molecule has 0 rings (SSSR count). The summed E-state index contributed by atoms with van der Waals surface area (Å²) >= 11 is 0. The number of aliphatic hydroxyl groups excluding tert-OH is 1. The Balaban J connectivity index is 3.51. The normalized spacial score (nSPS) is 15.2. The molecule has 0 aliphatic rings. The Kier molecular flexibility index (Phi) is 10.4. The molecular formula is C14H30O. The van der Waals surface area contributed by atoms with Crippen LogP contribution >= 0.6 is 0 Å². The first-order valence-electron chi connectivity index (χ1n) is 6.85. The van der Waals surface area contributed by atoms with E-state index in [0.717, 1.165) is 5.92 Å². The maximum absolute atomic E-state index is 9.27. The van der Waals surface area contributed by atoms with Gasteiger partial charge in [-0.2, -0.15) is 0 Å². The molecule has 92 valence electrons. The zero-order valence-corrected chi connectivity index (χ0v) is 11.0. The van der Waals surface area contributed by atoms with E-state index in [-0.39, 0.29) is 0 Å². The van der Waals surface area contributed by atoms with Crippen LogP contribution in [-0.4, -0.2) is 11.7 Å². The van der Waals surface area contributed by atoms with E-state index < -0.39 is 0 Å². The molecule has 1 heteroatoms. The van der Waals surface area contributed by atoms with Gasteiger partial charge in [-0.1, -0.05) is 59.3 Å². The van der Waals surface area contributed by atoms with E-state index in [1.807, 2.05) is 0 Å². The Labute approximate surface area is 96.3 Å². The minimum absolute atomic E-state index is 0.391. The first kappa shape index (κ1) is 15.0. The van der Waals surface area contributed by atoms with Crippen molar-refractivity contribution in [1.82, 2.24) is 0 Å². The highest BCUT2D eigenvalue weighted by atomic mass is 16.3. The molecule has 0 aliphatic carbocycles. The lowest BCUT2D eigenvalue weighted by atomic mass is 9.91. The second kappa shape index (κ2) is 10.5. The highest BCUT2D eigenvalue weighted by Crippen LogP contribution is 2.20. The predicted octanol–water partition coefficient (Wildman–Crippen LogP) is 4.39. The van der Waals surface area contributed by atoms with Crippen LogP contribution in [0.15, 0.2) is 0 Å². The van der Waals surface area contributed by atoms with E-state index in [9.17, 15) is 5.11 Å². The van der Waals surface area contributed by atoms with Gasteiger partial charge >= 0.3 is 0 Å². The molecule has 0 heterocycles. The highest BCUT2D eigenvalue weighted by molar-refractivity contribution is 4.61. The number of hydrogen-bond donors (Lipinski definition) is 1. The quantitative estimate of drug-likeness (QED) is 0.535. The van der Waals surface area contributed by atoms with Crippen LogP contribution in [0.5, 0.6) is 0 Å². The second-order valence-electron chi connectivity index (χ2n) is 5.02. The fraction of sp³-hybridized carbons (Fsp3) is 1.00. The molecule has 1 nitrogen and oxygen atoms in total. The molecule has 0 spiro atoms. The van der Waals surface area contributed by atoms with Gasteiger partial charge in [0.05, 0.1) is 0 Å². The number of rotatable bonds is 10. The average Bonchev–Trinajstić information content (AvgIpc) is 2.23. The molecule has 15 heavy (non-hydrogen) atoms. The molecule has 0 aromatic carbocycles. The summed E-state index contributed by atoms with van der Waals surface area (Å²) in [5.74, 6) is 1.41. The number of aliphatic hydroxyl groups is 1. The van der Waals surface area contributed by atoms with Crippen LogP contribution in [0.2, 0.25) is 0 Å². The van der Waals surface area contributed by atoms with Gasteiger partial charge in [0.25, 0.3) is 0 Å². The molecule has 0 bridgehead atoms. The molecule has 0 fully saturated rings. The van der Waals surface area contributed by atoms with Gasteiger partial charge in [0.15, 0.2) is 0 Å². The molecule has 0 saturated heterocycles. The maximum atomic E-state index is 9.27. The third-order valence-electron chi connectivity index (χ3n) is 3.32. The van der Waals surface area contributed by atoms with Crippen molar-refractivity contribution in [2.45, 2.75) is 72.1 Å². The largest absolute Gasteiger partial charge is 0.396 e. The van der Waals surface area contributed by atoms with Gasteiger partial charge in [0.2, 0.25) is 0 Å². The minimum atomic E-state index is 0.391. The van der Waals surface area contributed by atoms with Crippen molar-refractivity contribution in [3.63, 3.8) is 0 Å². The molecule has 2 atom stereocenters. The van der Waals surface area contributed by atoms with Crippen LogP contribution in [0, 0.1) is 11.8 Å². The molecule has 0 aromatic rings. The molecule has 0 saturated carbocycles. The van der Waals surface area contributed by atoms with Crippen LogP contribution in [0.3, 0.4) is 0 Å². The van der Waals surface area contributed by atoms with Gasteiger partial charge in [-0.3, -0.25) is 0 Å². The van der Waals surface area contributed by atoms with Gasteiger partial charge in [-0.15, -0.1) is 0 Å². The Hall–Kier alpha value is -0.0400. The van der Waals surface area contributed by atoms with Crippen LogP contribution in [-0.2, 0) is 0 Å². The summed E-state index contributed by atoms with van der Waals surface area (Å²) in [6.07, 6.45) is 10.3. The van der Waals surface area contributed by atoms with Crippen LogP contribution < -0.4 is 0 Å². The summed E-state index contributed by atoms with van der Waals surface area (Å²) in [5.41, 5.74) is 0. The summed E-state index contributed by atoms with van der Waals surface area (Å²) in [6.45, 7) is 7.21. The molecule has 0 amide bonds. The van der Waals surface area contributed by atoms with Crippen molar-refractivity contribution < 1.29 is 5.11 Å². The fourth-order valence-electron chi connectivity index (χ4n) is 2.17. The molecule has 2 unspecified atom stereocenters. The van der Waals surface area contributed by atoms with Crippen molar-refractivity contribution in [2.75, 3.05) is 6.61 Å². The standard InChI is InChI=1S/C14H30O/c1-4-6-7-9-14(12-15)11-10-13(3)8-5-2/h13-15H,4-12H2,1-3H3. The van der Waals surface area contributed by atoms with Gasteiger partial charge in [-0.25, -0.2) is 0 Å². The van der Waals surface area contributed by atoms with Crippen molar-refractivity contribution >= 4 is 0 Å². The van der Waals surface area contributed by atoms with Gasteiger partial charge < -0.3 is 5.11 Å². The van der Waals surface area contributed by atoms with Crippen molar-refractivity contribution in [3.05, 3.63) is 0 Å². The predicted molar refractivity (Wildman–Crippen MR) is 68.0 cm³/mol. The summed E-state index contributed by atoms with van der Waals surface area (Å²) in [5, 5.41) is 9.27. The van der Waals surface area contributed by atoms with Gasteiger partial charge in [-0.05, 0) is 24.7 Å². The van der Waals surface area contributed by atoms with E-state index in [4.69, 9.17) is 0 Å². The minimum Gasteiger partial charge on any atom is -0.396 e. The summed E-state index contributed by atoms with van der Waals surface area (Å²) in [7, 11) is 0. The van der Waals surface area contributed by atoms with Crippen LogP contribution in [0.1, 0.15) is 72.1 Å².